The van der Waals surface area contributed by atoms with Crippen LogP contribution in [0.15, 0.2) is 0 Å². The molecule has 0 bridgehead atoms. The van der Waals surface area contributed by atoms with Crippen LogP contribution in [0.1, 0.15) is 0 Å². The maximum Gasteiger partial charge on any atom is 1.00 e. The van der Waals surface area contributed by atoms with Crippen molar-refractivity contribution in [2.75, 3.05) is 0 Å². The van der Waals surface area contributed by atoms with Crippen molar-refractivity contribution in [3.05, 3.63) is 0 Å². The van der Waals surface area contributed by atoms with Gasteiger partial charge >= 0.3 is 56.6 Å². The van der Waals surface area contributed by atoms with Gasteiger partial charge in [0.15, 0.2) is 0 Å². The van der Waals surface area contributed by atoms with E-state index in [1.54, 1.807) is 0 Å². The van der Waals surface area contributed by atoms with Crippen LogP contribution in [0, 0.1) is 0 Å². The second-order valence-electron chi connectivity index (χ2n) is 0. The van der Waals surface area contributed by atoms with E-state index in [4.69, 9.17) is 0 Å². The Hall–Kier alpha value is 2.32. The van der Waals surface area contributed by atoms with E-state index >= 15 is 0 Å². The zero-order valence-corrected chi connectivity index (χ0v) is 4.73. The van der Waals surface area contributed by atoms with Gasteiger partial charge in [-0.3, -0.25) is 0 Å². The third kappa shape index (κ3) is 8.85. The molecule has 0 atom stereocenters. The summed E-state index contributed by atoms with van der Waals surface area (Å²) in [4.78, 5) is 0. The molecule has 0 aliphatic carbocycles. The fraction of sp³-hybridized carbons (Fsp3) is 0. The normalized spacial score (nSPS) is 0. The molecule has 0 spiro atoms. The van der Waals surface area contributed by atoms with Gasteiger partial charge < -0.3 is 0 Å². The van der Waals surface area contributed by atoms with Crippen molar-refractivity contribution in [2.45, 2.75) is 0 Å². The van der Waals surface area contributed by atoms with Crippen LogP contribution in [0.5, 0.6) is 0 Å². The largest absolute Gasteiger partial charge is 1.00 e. The van der Waals surface area contributed by atoms with Gasteiger partial charge in [0.1, 0.15) is 0 Å². The molecule has 0 fully saturated rings. The Kier molecular flexibility index (Phi) is 153. The smallest absolute Gasteiger partial charge is 0 e. The maximum absolute atomic E-state index is 0. The van der Waals surface area contributed by atoms with E-state index in [1.165, 1.54) is 0 Å². The zero-order chi connectivity index (χ0) is 0. The number of hydrogen-bond acceptors (Lipinski definition) is 0. The van der Waals surface area contributed by atoms with Crippen LogP contribution in [0.3, 0.4) is 0 Å². The number of rotatable bonds is 0. The average molecular weight is 47.8 g/mol. The van der Waals surface area contributed by atoms with Gasteiger partial charge in [-0.05, 0) is 0 Å². The molecule has 0 aromatic heterocycles. The quantitative estimate of drug-likeness (QED) is 0.238. The summed E-state index contributed by atoms with van der Waals surface area (Å²) in [6.45, 7) is 0. The Bertz CT molecular complexity index is 3.25. The van der Waals surface area contributed by atoms with Crippen molar-refractivity contribution < 1.29 is 56.6 Å². The molecule has 3 radical (unpaired) electrons. The molecule has 3 valence electrons. The van der Waals surface area contributed by atoms with Gasteiger partial charge in [-0.2, -0.15) is 0 Å². The molecule has 0 aromatic carbocycles. The summed E-state index contributed by atoms with van der Waals surface area (Å²) in [5, 5.41) is 0. The molecule has 0 heterocycles. The average Bonchev–Trinajstić information content (AvgIpc) is 0. The van der Waals surface area contributed by atoms with Crippen LogP contribution in [-0.4, -0.2) is 17.4 Å². The fourth-order valence-electron chi connectivity index (χ4n) is 0. The molecule has 4 heavy (non-hydrogen) atoms. The minimum Gasteiger partial charge on any atom is 0 e. The van der Waals surface area contributed by atoms with Crippen LogP contribution in [0.2, 0.25) is 0 Å². The molecule has 0 amide bonds. The first-order chi connectivity index (χ1) is 0. The molecular weight excluding hydrogens is 47.8 g/mol. The van der Waals surface area contributed by atoms with Crippen LogP contribution < -0.4 is 56.6 Å². The van der Waals surface area contributed by atoms with Crippen LogP contribution in [-0.2, 0) is 0 Å². The molecule has 0 nitrogen and oxygen atoms in total. The molecule has 0 aliphatic rings. The first-order valence-electron chi connectivity index (χ1n) is 0. The molecule has 0 aliphatic heterocycles. The SMILES string of the molecule is [Al].[Li+].[Li+].[Li+]. The fourth-order valence-corrected chi connectivity index (χ4v) is 0. The predicted molar refractivity (Wildman–Crippen MR) is 5.75 cm³/mol. The van der Waals surface area contributed by atoms with E-state index < -0.39 is 0 Å². The molecule has 4 heteroatoms. The Balaban J connectivity index is 0. The molecule has 0 saturated carbocycles. The van der Waals surface area contributed by atoms with Gasteiger partial charge in [0.05, 0.1) is 0 Å². The summed E-state index contributed by atoms with van der Waals surface area (Å²) in [6.07, 6.45) is 0. The second-order valence-corrected chi connectivity index (χ2v) is 0. The van der Waals surface area contributed by atoms with E-state index in [0.29, 0.717) is 0 Å². The Morgan fingerprint density at radius 1 is 0.500 bits per heavy atom. The molecule has 0 rings (SSSR count). The van der Waals surface area contributed by atoms with E-state index in [-0.39, 0.29) is 73.9 Å². The molecule has 0 aromatic rings. The summed E-state index contributed by atoms with van der Waals surface area (Å²) in [5.74, 6) is 0. The summed E-state index contributed by atoms with van der Waals surface area (Å²) >= 11 is 0. The van der Waals surface area contributed by atoms with E-state index in [9.17, 15) is 0 Å². The topological polar surface area (TPSA) is 0 Å². The van der Waals surface area contributed by atoms with E-state index in [0.717, 1.165) is 0 Å². The molecule has 0 unspecified atom stereocenters. The van der Waals surface area contributed by atoms with Crippen molar-refractivity contribution in [2.24, 2.45) is 0 Å². The van der Waals surface area contributed by atoms with Crippen molar-refractivity contribution in [3.8, 4) is 0 Å². The van der Waals surface area contributed by atoms with E-state index in [2.05, 4.69) is 0 Å². The first kappa shape index (κ1) is 33.2. The first-order valence-corrected chi connectivity index (χ1v) is 0. The summed E-state index contributed by atoms with van der Waals surface area (Å²) in [7, 11) is 0. The Labute approximate surface area is 73.1 Å². The molecular formula is AlLi3+3. The molecule has 0 N–H and O–H groups in total. The second kappa shape index (κ2) is 18.4. The maximum atomic E-state index is 0. The minimum atomic E-state index is 0. The van der Waals surface area contributed by atoms with E-state index in [1.807, 2.05) is 0 Å². The third-order valence-corrected chi connectivity index (χ3v) is 0. The van der Waals surface area contributed by atoms with Crippen molar-refractivity contribution >= 4 is 17.4 Å². The van der Waals surface area contributed by atoms with Gasteiger partial charge in [0.25, 0.3) is 0 Å². The van der Waals surface area contributed by atoms with Crippen molar-refractivity contribution in [1.29, 1.82) is 0 Å². The monoisotopic (exact) mass is 48.0 g/mol. The van der Waals surface area contributed by atoms with Crippen LogP contribution in [0.4, 0.5) is 0 Å². The summed E-state index contributed by atoms with van der Waals surface area (Å²) < 4.78 is 0. The van der Waals surface area contributed by atoms with Gasteiger partial charge in [0.2, 0.25) is 0 Å². The summed E-state index contributed by atoms with van der Waals surface area (Å²) in [6, 6.07) is 0. The van der Waals surface area contributed by atoms with Gasteiger partial charge in [-0.1, -0.05) is 0 Å². The summed E-state index contributed by atoms with van der Waals surface area (Å²) in [5.41, 5.74) is 0. The van der Waals surface area contributed by atoms with Gasteiger partial charge in [-0.25, -0.2) is 0 Å². The Morgan fingerprint density at radius 2 is 0.500 bits per heavy atom. The zero-order valence-electron chi connectivity index (χ0n) is 3.58. The molecule has 0 saturated heterocycles. The van der Waals surface area contributed by atoms with Crippen LogP contribution >= 0.6 is 0 Å². The van der Waals surface area contributed by atoms with Crippen LogP contribution in [0.25, 0.3) is 0 Å². The van der Waals surface area contributed by atoms with Gasteiger partial charge in [0, 0.05) is 17.4 Å². The predicted octanol–water partition coefficient (Wildman–Crippen LogP) is -9.37. The van der Waals surface area contributed by atoms with Crippen molar-refractivity contribution in [3.63, 3.8) is 0 Å². The third-order valence-electron chi connectivity index (χ3n) is 0. The Morgan fingerprint density at radius 3 is 0.500 bits per heavy atom. The number of hydrogen-bond donors (Lipinski definition) is 0. The minimum absolute atomic E-state index is 0. The van der Waals surface area contributed by atoms with Crippen molar-refractivity contribution in [1.82, 2.24) is 0 Å². The van der Waals surface area contributed by atoms with Gasteiger partial charge in [-0.15, -0.1) is 0 Å². The standard InChI is InChI=1S/Al.3Li/q;3*+1.